The van der Waals surface area contributed by atoms with Crippen molar-refractivity contribution in [2.24, 2.45) is 0 Å². The van der Waals surface area contributed by atoms with Crippen molar-refractivity contribution in [2.45, 2.75) is 45.6 Å². The summed E-state index contributed by atoms with van der Waals surface area (Å²) in [5.74, 6) is -1.17. The van der Waals surface area contributed by atoms with Crippen LogP contribution in [0.1, 0.15) is 36.5 Å². The van der Waals surface area contributed by atoms with Crippen molar-refractivity contribution in [1.29, 1.82) is 0 Å². The van der Waals surface area contributed by atoms with Crippen molar-refractivity contribution in [1.82, 2.24) is 5.32 Å². The van der Waals surface area contributed by atoms with E-state index in [1.54, 1.807) is 12.1 Å². The first-order chi connectivity index (χ1) is 12.4. The van der Waals surface area contributed by atoms with E-state index in [9.17, 15) is 14.4 Å². The van der Waals surface area contributed by atoms with Gasteiger partial charge in [-0.3, -0.25) is 9.59 Å². The molecule has 1 amide bonds. The molecular formula is C19H21NO6. The van der Waals surface area contributed by atoms with Gasteiger partial charge < -0.3 is 19.6 Å². The van der Waals surface area contributed by atoms with Crippen molar-refractivity contribution in [2.75, 3.05) is 6.61 Å². The SMILES string of the molecule is Cc1cc(OCC(=O)N[C@@H](C)C(=O)O)c2c3c(c(=O)oc2c1)CCCC3. The number of ether oxygens (including phenoxy) is 1. The number of hydrogen-bond donors (Lipinski definition) is 2. The third kappa shape index (κ3) is 3.56. The van der Waals surface area contributed by atoms with E-state index in [1.807, 2.05) is 6.92 Å². The molecule has 1 aliphatic rings. The van der Waals surface area contributed by atoms with Gasteiger partial charge in [-0.25, -0.2) is 4.79 Å². The number of carbonyl (C=O) groups excluding carboxylic acids is 1. The van der Waals surface area contributed by atoms with Crippen LogP contribution in [0.3, 0.4) is 0 Å². The Morgan fingerprint density at radius 1 is 1.27 bits per heavy atom. The normalized spacial score (nSPS) is 14.5. The topological polar surface area (TPSA) is 106 Å². The van der Waals surface area contributed by atoms with E-state index in [0.717, 1.165) is 35.8 Å². The standard InChI is InChI=1S/C19H21NO6/c1-10-7-14(25-9-16(21)20-11(2)18(22)23)17-12-5-3-4-6-13(12)19(24)26-15(17)8-10/h7-8,11H,3-6,9H2,1-2H3,(H,20,21)(H,22,23)/t11-/m0/s1. The Balaban J connectivity index is 1.94. The second-order valence-electron chi connectivity index (χ2n) is 6.61. The van der Waals surface area contributed by atoms with Gasteiger partial charge in [0.25, 0.3) is 5.91 Å². The molecule has 0 bridgehead atoms. The molecule has 7 heteroatoms. The van der Waals surface area contributed by atoms with Crippen LogP contribution in [0, 0.1) is 6.92 Å². The molecule has 2 aromatic rings. The van der Waals surface area contributed by atoms with Crippen LogP contribution in [0.2, 0.25) is 0 Å². The summed E-state index contributed by atoms with van der Waals surface area (Å²) in [7, 11) is 0. The number of aryl methyl sites for hydroxylation is 2. The zero-order valence-corrected chi connectivity index (χ0v) is 14.8. The molecule has 0 spiro atoms. The molecule has 26 heavy (non-hydrogen) atoms. The lowest BCUT2D eigenvalue weighted by atomic mass is 9.90. The lowest BCUT2D eigenvalue weighted by Crippen LogP contribution is -2.40. The van der Waals surface area contributed by atoms with Gasteiger partial charge in [0.1, 0.15) is 17.4 Å². The molecule has 7 nitrogen and oxygen atoms in total. The van der Waals surface area contributed by atoms with Crippen LogP contribution in [-0.4, -0.2) is 29.6 Å². The van der Waals surface area contributed by atoms with E-state index in [1.165, 1.54) is 6.92 Å². The van der Waals surface area contributed by atoms with Crippen LogP contribution in [0.4, 0.5) is 0 Å². The van der Waals surface area contributed by atoms with Gasteiger partial charge in [-0.15, -0.1) is 0 Å². The van der Waals surface area contributed by atoms with Crippen LogP contribution in [-0.2, 0) is 22.4 Å². The summed E-state index contributed by atoms with van der Waals surface area (Å²) in [6, 6.07) is 2.59. The average molecular weight is 359 g/mol. The number of carboxylic acid groups (broad SMARTS) is 1. The molecule has 138 valence electrons. The first-order valence-corrected chi connectivity index (χ1v) is 8.61. The first kappa shape index (κ1) is 18.0. The minimum Gasteiger partial charge on any atom is -0.483 e. The summed E-state index contributed by atoms with van der Waals surface area (Å²) in [4.78, 5) is 35.0. The summed E-state index contributed by atoms with van der Waals surface area (Å²) in [5, 5.41) is 11.9. The number of amides is 1. The van der Waals surface area contributed by atoms with E-state index >= 15 is 0 Å². The highest BCUT2D eigenvalue weighted by atomic mass is 16.5. The lowest BCUT2D eigenvalue weighted by Gasteiger charge is -2.19. The number of carboxylic acids is 1. The van der Waals surface area contributed by atoms with Gasteiger partial charge in [0.05, 0.1) is 5.39 Å². The second-order valence-corrected chi connectivity index (χ2v) is 6.61. The van der Waals surface area contributed by atoms with Gasteiger partial charge in [-0.05, 0) is 62.8 Å². The van der Waals surface area contributed by atoms with Crippen LogP contribution in [0.5, 0.6) is 5.75 Å². The molecule has 0 aliphatic heterocycles. The molecule has 1 heterocycles. The molecule has 0 saturated heterocycles. The molecule has 0 saturated carbocycles. The number of rotatable bonds is 5. The van der Waals surface area contributed by atoms with Crippen LogP contribution >= 0.6 is 0 Å². The minimum atomic E-state index is -1.12. The van der Waals surface area contributed by atoms with Crippen molar-refractivity contribution >= 4 is 22.8 Å². The van der Waals surface area contributed by atoms with Crippen molar-refractivity contribution < 1.29 is 23.8 Å². The highest BCUT2D eigenvalue weighted by molar-refractivity contribution is 5.89. The molecular weight excluding hydrogens is 338 g/mol. The number of fused-ring (bicyclic) bond motifs is 3. The summed E-state index contributed by atoms with van der Waals surface area (Å²) in [5.41, 5.74) is 2.59. The molecule has 3 rings (SSSR count). The second kappa shape index (κ2) is 7.19. The largest absolute Gasteiger partial charge is 0.483 e. The number of nitrogens with one attached hydrogen (secondary N) is 1. The Kier molecular flexibility index (Phi) is 4.97. The minimum absolute atomic E-state index is 0.309. The monoisotopic (exact) mass is 359 g/mol. The van der Waals surface area contributed by atoms with E-state index in [0.29, 0.717) is 23.3 Å². The number of aliphatic carboxylic acids is 1. The number of hydrogen-bond acceptors (Lipinski definition) is 5. The fourth-order valence-corrected chi connectivity index (χ4v) is 3.27. The van der Waals surface area contributed by atoms with E-state index in [4.69, 9.17) is 14.3 Å². The Morgan fingerprint density at radius 3 is 2.65 bits per heavy atom. The molecule has 0 radical (unpaired) electrons. The third-order valence-corrected chi connectivity index (χ3v) is 4.54. The summed E-state index contributed by atoms with van der Waals surface area (Å²) in [6.07, 6.45) is 3.37. The molecule has 1 aromatic carbocycles. The maximum Gasteiger partial charge on any atom is 0.339 e. The fourth-order valence-electron chi connectivity index (χ4n) is 3.27. The van der Waals surface area contributed by atoms with Crippen LogP contribution in [0.15, 0.2) is 21.3 Å². The number of benzene rings is 1. The first-order valence-electron chi connectivity index (χ1n) is 8.61. The van der Waals surface area contributed by atoms with Gasteiger partial charge in [-0.1, -0.05) is 0 Å². The average Bonchev–Trinajstić information content (AvgIpc) is 2.59. The van der Waals surface area contributed by atoms with Crippen LogP contribution < -0.4 is 15.7 Å². The molecule has 1 aromatic heterocycles. The van der Waals surface area contributed by atoms with Gasteiger partial charge in [0.15, 0.2) is 6.61 Å². The predicted octanol–water partition coefficient (Wildman–Crippen LogP) is 1.95. The van der Waals surface area contributed by atoms with Crippen molar-refractivity contribution in [3.8, 4) is 5.75 Å². The zero-order valence-electron chi connectivity index (χ0n) is 14.8. The molecule has 2 N–H and O–H groups in total. The Morgan fingerprint density at radius 2 is 1.96 bits per heavy atom. The van der Waals surface area contributed by atoms with Crippen molar-refractivity contribution in [3.05, 3.63) is 39.2 Å². The maximum absolute atomic E-state index is 12.2. The summed E-state index contributed by atoms with van der Waals surface area (Å²) >= 11 is 0. The quantitative estimate of drug-likeness (QED) is 0.791. The van der Waals surface area contributed by atoms with E-state index in [2.05, 4.69) is 5.32 Å². The highest BCUT2D eigenvalue weighted by Gasteiger charge is 2.22. The van der Waals surface area contributed by atoms with Crippen molar-refractivity contribution in [3.63, 3.8) is 0 Å². The smallest absolute Gasteiger partial charge is 0.339 e. The van der Waals surface area contributed by atoms with Gasteiger partial charge in [0.2, 0.25) is 0 Å². The van der Waals surface area contributed by atoms with Gasteiger partial charge in [0, 0.05) is 5.56 Å². The fraction of sp³-hybridized carbons (Fsp3) is 0.421. The van der Waals surface area contributed by atoms with Gasteiger partial charge in [-0.2, -0.15) is 0 Å². The number of carbonyl (C=O) groups is 2. The highest BCUT2D eigenvalue weighted by Crippen LogP contribution is 2.34. The zero-order chi connectivity index (χ0) is 18.8. The lowest BCUT2D eigenvalue weighted by molar-refractivity contribution is -0.141. The molecule has 1 aliphatic carbocycles. The van der Waals surface area contributed by atoms with Gasteiger partial charge >= 0.3 is 11.6 Å². The maximum atomic E-state index is 12.2. The van der Waals surface area contributed by atoms with E-state index in [-0.39, 0.29) is 12.2 Å². The molecule has 1 atom stereocenters. The Labute approximate surface area is 150 Å². The molecule has 0 unspecified atom stereocenters. The summed E-state index contributed by atoms with van der Waals surface area (Å²) in [6.45, 7) is 2.91. The third-order valence-electron chi connectivity index (χ3n) is 4.54. The Hall–Kier alpha value is -2.83. The van der Waals surface area contributed by atoms with E-state index < -0.39 is 17.9 Å². The Bertz CT molecular complexity index is 930. The molecule has 0 fully saturated rings. The van der Waals surface area contributed by atoms with Crippen LogP contribution in [0.25, 0.3) is 11.0 Å². The predicted molar refractivity (Wildman–Crippen MR) is 94.6 cm³/mol. The summed E-state index contributed by atoms with van der Waals surface area (Å²) < 4.78 is 11.2.